The Kier molecular flexibility index (Phi) is 23.0. The molecule has 0 bridgehead atoms. The Morgan fingerprint density at radius 1 is 0.768 bits per heavy atom. The van der Waals surface area contributed by atoms with E-state index in [-0.39, 0.29) is 128 Å². The maximum atomic E-state index is 12.8. The first kappa shape index (κ1) is 52.0. The molecule has 0 radical (unpaired) electrons. The molecule has 0 aromatic heterocycles. The van der Waals surface area contributed by atoms with Crippen molar-refractivity contribution in [3.05, 3.63) is 78.3 Å². The smallest absolute Gasteiger partial charge is 0.716 e. The first-order valence-corrected chi connectivity index (χ1v) is 21.0. The number of halogens is 3. The monoisotopic (exact) mass is 1040 g/mol. The van der Waals surface area contributed by atoms with E-state index in [0.29, 0.717) is 33.2 Å². The number of carboxylic acid groups (broad SMARTS) is 1. The summed E-state index contributed by atoms with van der Waals surface area (Å²) in [7, 11) is -2.69. The molecule has 3 aromatic carbocycles. The number of carbonyl (C=O) groups excluding carboxylic acids is 3. The van der Waals surface area contributed by atoms with Gasteiger partial charge in [-0.05, 0) is 107 Å². The number of amides is 2. The molecule has 0 aliphatic heterocycles. The minimum atomic E-state index is -5.48. The first-order valence-electron chi connectivity index (χ1n) is 14.8. The maximum absolute atomic E-state index is 12.8. The average molecular weight is 1050 g/mol. The molecule has 0 spiro atoms. The molecular weight excluding hydrogens is 1020 g/mol. The number of carboxylic acids is 1. The number of oxime groups is 2. The molecule has 17 nitrogen and oxygen atoms in total. The van der Waals surface area contributed by atoms with Crippen LogP contribution >= 0.6 is 69.4 Å². The fraction of sp³-hybridized carbons (Fsp3) is 0.194. The van der Waals surface area contributed by atoms with Crippen LogP contribution in [0.2, 0.25) is 0 Å². The molecule has 0 aliphatic rings. The van der Waals surface area contributed by atoms with Gasteiger partial charge >= 0.3 is 59.1 Å². The number of hydrogen-bond acceptors (Lipinski definition) is 17. The van der Waals surface area contributed by atoms with Crippen molar-refractivity contribution in [2.24, 2.45) is 10.3 Å². The van der Waals surface area contributed by atoms with E-state index in [4.69, 9.17) is 0 Å². The summed E-state index contributed by atoms with van der Waals surface area (Å²) in [5.74, 6) is -4.63. The van der Waals surface area contributed by atoms with Crippen LogP contribution in [0.4, 0.5) is 0 Å². The van der Waals surface area contributed by atoms with Gasteiger partial charge in [-0.2, -0.15) is 0 Å². The van der Waals surface area contributed by atoms with Crippen molar-refractivity contribution < 1.29 is 121 Å². The predicted octanol–water partition coefficient (Wildman–Crippen LogP) is -2.61. The Morgan fingerprint density at radius 3 is 1.73 bits per heavy atom. The van der Waals surface area contributed by atoms with Crippen LogP contribution in [0.3, 0.4) is 0 Å². The summed E-state index contributed by atoms with van der Waals surface area (Å²) in [5, 5.41) is 72.8. The Morgan fingerprint density at radius 2 is 1.25 bits per heavy atom. The van der Waals surface area contributed by atoms with Gasteiger partial charge in [-0.3, -0.25) is 9.59 Å². The molecule has 0 unspecified atom stereocenters. The molecule has 56 heavy (non-hydrogen) atoms. The summed E-state index contributed by atoms with van der Waals surface area (Å²) in [6.45, 7) is 0.423. The second kappa shape index (κ2) is 24.8. The Hall–Kier alpha value is -2.00. The van der Waals surface area contributed by atoms with Gasteiger partial charge in [0.15, 0.2) is 5.76 Å². The molecule has 290 valence electrons. The Labute approximate surface area is 397 Å². The molecule has 2 amide bonds. The van der Waals surface area contributed by atoms with Crippen LogP contribution in [0.5, 0.6) is 17.2 Å². The molecule has 0 fully saturated rings. The van der Waals surface area contributed by atoms with Gasteiger partial charge in [-0.1, -0.05) is 38.0 Å². The number of nitrogens with zero attached hydrogens (tertiary/aromatic N) is 2. The van der Waals surface area contributed by atoms with Gasteiger partial charge in [0.2, 0.25) is 0 Å². The minimum Gasteiger partial charge on any atom is -0.716 e. The SMILES string of the molecule is O=C([O-])/C(=C\c1cc(Br)c(O)c(-c2cc(C/C(=N\O)C(=O)NCCSSCCNC(=O)/C(Cc3ccc(O)c(Br)c3)=N/O)cc(Br)c2O)c1)OS(=O)(=O)[O-].[Na+].[Na+]. The number of rotatable bonds is 18. The zero-order valence-corrected chi connectivity index (χ0v) is 40.3. The second-order valence-electron chi connectivity index (χ2n) is 10.5. The summed E-state index contributed by atoms with van der Waals surface area (Å²) in [6.07, 6.45) is 0.424. The van der Waals surface area contributed by atoms with Gasteiger partial charge in [0, 0.05) is 48.6 Å². The average Bonchev–Trinajstić information content (AvgIpc) is 3.10. The molecular formula is C31H27Br3N4Na2O13S3. The summed E-state index contributed by atoms with van der Waals surface area (Å²) in [6, 6.07) is 9.71. The number of phenolic OH excluding ortho intramolecular Hbond substituents is 3. The topological polar surface area (TPSA) is 291 Å². The third-order valence-electron chi connectivity index (χ3n) is 6.74. The molecule has 0 heterocycles. The molecule has 7 N–H and O–H groups in total. The van der Waals surface area contributed by atoms with Crippen LogP contribution in [0.15, 0.2) is 72.0 Å². The second-order valence-corrected chi connectivity index (χ2v) is 16.8. The number of carbonyl (C=O) groups is 3. The van der Waals surface area contributed by atoms with Gasteiger partial charge in [0.25, 0.3) is 22.2 Å². The third kappa shape index (κ3) is 16.3. The van der Waals surface area contributed by atoms with Gasteiger partial charge in [-0.15, -0.1) is 0 Å². The largest absolute Gasteiger partial charge is 1.00 e. The van der Waals surface area contributed by atoms with Crippen LogP contribution < -0.4 is 74.9 Å². The van der Waals surface area contributed by atoms with E-state index in [1.807, 2.05) is 0 Å². The van der Waals surface area contributed by atoms with Crippen molar-refractivity contribution in [1.29, 1.82) is 0 Å². The summed E-state index contributed by atoms with van der Waals surface area (Å²) in [4.78, 5) is 36.5. The van der Waals surface area contributed by atoms with Gasteiger partial charge in [-0.25, -0.2) is 8.42 Å². The van der Waals surface area contributed by atoms with Crippen molar-refractivity contribution in [1.82, 2.24) is 10.6 Å². The minimum absolute atomic E-state index is 0. The molecule has 3 aromatic rings. The van der Waals surface area contributed by atoms with E-state index < -0.39 is 45.4 Å². The van der Waals surface area contributed by atoms with E-state index in [1.165, 1.54) is 45.9 Å². The van der Waals surface area contributed by atoms with Crippen molar-refractivity contribution >= 4 is 115 Å². The zero-order valence-electron chi connectivity index (χ0n) is 29.1. The Bertz CT molecular complexity index is 2130. The molecule has 3 rings (SSSR count). The quantitative estimate of drug-likeness (QED) is 0.00657. The van der Waals surface area contributed by atoms with E-state index in [1.54, 1.807) is 12.1 Å². The number of nitrogens with one attached hydrogen (secondary N) is 2. The molecule has 0 saturated heterocycles. The zero-order chi connectivity index (χ0) is 40.2. The van der Waals surface area contributed by atoms with Crippen LogP contribution in [-0.4, -0.2) is 92.5 Å². The van der Waals surface area contributed by atoms with Crippen LogP contribution in [-0.2, 0) is 41.8 Å². The number of hydrogen-bond donors (Lipinski definition) is 7. The molecule has 0 saturated carbocycles. The Balaban J connectivity index is 0.00000784. The van der Waals surface area contributed by atoms with E-state index >= 15 is 0 Å². The summed E-state index contributed by atoms with van der Waals surface area (Å²) < 4.78 is 37.3. The molecule has 0 aliphatic carbocycles. The fourth-order valence-corrected chi connectivity index (χ4v) is 7.91. The maximum Gasteiger partial charge on any atom is 1.00 e. The third-order valence-corrected chi connectivity index (χ3v) is 11.4. The van der Waals surface area contributed by atoms with Crippen molar-refractivity contribution in [2.45, 2.75) is 12.8 Å². The number of aromatic hydroxyl groups is 3. The molecule has 25 heteroatoms. The fourth-order valence-electron chi connectivity index (χ4n) is 4.35. The predicted molar refractivity (Wildman–Crippen MR) is 207 cm³/mol. The van der Waals surface area contributed by atoms with Crippen LogP contribution in [0, 0.1) is 0 Å². The van der Waals surface area contributed by atoms with Gasteiger partial charge < -0.3 is 55.0 Å². The van der Waals surface area contributed by atoms with Gasteiger partial charge in [0.05, 0.1) is 13.4 Å². The number of aliphatic carboxylic acids is 1. The number of phenols is 3. The normalized spacial score (nSPS) is 11.9. The van der Waals surface area contributed by atoms with Crippen molar-refractivity contribution in [3.8, 4) is 28.4 Å². The van der Waals surface area contributed by atoms with E-state index in [2.05, 4.69) is 72.9 Å². The summed E-state index contributed by atoms with van der Waals surface area (Å²) >= 11 is 9.46. The van der Waals surface area contributed by atoms with E-state index in [9.17, 15) is 58.2 Å². The first-order chi connectivity index (χ1) is 25.4. The summed E-state index contributed by atoms with van der Waals surface area (Å²) in [5.41, 5.74) is 0.268. The van der Waals surface area contributed by atoms with Crippen LogP contribution in [0.1, 0.15) is 16.7 Å². The number of benzene rings is 3. The molecule has 0 atom stereocenters. The van der Waals surface area contributed by atoms with Crippen molar-refractivity contribution in [2.75, 3.05) is 24.6 Å². The standard InChI is InChI=1S/C31H29Br3N4O13S3.2Na/c32-20-9-15(1-2-25(20)39)12-23(37-46)29(42)35-3-5-52-53-6-4-36-30(43)24(38-47)13-16-7-18(27(40)21(33)10-16)19-8-17(11-22(34)28(19)41)14-26(31(44)45)51-54(48,49)50;;/h1-2,7-11,14,39-41,46-47H,3-6,12-13H2,(H,35,42)(H,36,43)(H,44,45)(H,48,49,50);;/q;2*+1/p-2/b26-14+,37-23+,38-24+;;. The van der Waals surface area contributed by atoms with Crippen molar-refractivity contribution in [3.63, 3.8) is 0 Å². The van der Waals surface area contributed by atoms with E-state index in [0.717, 1.165) is 6.07 Å². The van der Waals surface area contributed by atoms with Gasteiger partial charge in [0.1, 0.15) is 34.6 Å². The van der Waals surface area contributed by atoms with Crippen LogP contribution in [0.25, 0.3) is 17.2 Å².